The molecule has 1 aromatic rings. The molecule has 0 spiro atoms. The van der Waals surface area contributed by atoms with Gasteiger partial charge in [0.2, 0.25) is 0 Å². The molecule has 1 N–H and O–H groups in total. The first-order valence-corrected chi connectivity index (χ1v) is 8.20. The summed E-state index contributed by atoms with van der Waals surface area (Å²) in [5.74, 6) is 0.624. The van der Waals surface area contributed by atoms with Crippen LogP contribution in [0.5, 0.6) is 5.75 Å². The minimum atomic E-state index is -0.0979. The lowest BCUT2D eigenvalue weighted by molar-refractivity contribution is -0.148. The van der Waals surface area contributed by atoms with Gasteiger partial charge in [-0.1, -0.05) is 31.9 Å². The lowest BCUT2D eigenvalue weighted by Crippen LogP contribution is -2.20. The molecule has 0 bridgehead atoms. The predicted octanol–water partition coefficient (Wildman–Crippen LogP) is 3.36. The smallest absolute Gasteiger partial charge is 0.309 e. The van der Waals surface area contributed by atoms with Gasteiger partial charge < -0.3 is 14.6 Å². The SMILES string of the molecule is CCCCC(Cc1ccc(OCCCO)cc1)C(=O)OCC. The van der Waals surface area contributed by atoms with Gasteiger partial charge in [0.25, 0.3) is 0 Å². The summed E-state index contributed by atoms with van der Waals surface area (Å²) in [6, 6.07) is 7.81. The third kappa shape index (κ3) is 6.94. The zero-order valence-electron chi connectivity index (χ0n) is 13.7. The number of ether oxygens (including phenoxy) is 2. The first-order chi connectivity index (χ1) is 10.7. The molecule has 0 aromatic heterocycles. The van der Waals surface area contributed by atoms with Crippen molar-refractivity contribution < 1.29 is 19.4 Å². The van der Waals surface area contributed by atoms with Crippen LogP contribution in [0, 0.1) is 5.92 Å². The van der Waals surface area contributed by atoms with E-state index < -0.39 is 0 Å². The van der Waals surface area contributed by atoms with Crippen molar-refractivity contribution in [2.45, 2.75) is 46.0 Å². The second-order valence-corrected chi connectivity index (χ2v) is 5.36. The fourth-order valence-electron chi connectivity index (χ4n) is 2.27. The molecule has 1 aromatic carbocycles. The zero-order chi connectivity index (χ0) is 16.2. The van der Waals surface area contributed by atoms with Crippen LogP contribution in [0.15, 0.2) is 24.3 Å². The molecule has 1 unspecified atom stereocenters. The summed E-state index contributed by atoms with van der Waals surface area (Å²) < 4.78 is 10.7. The van der Waals surface area contributed by atoms with Gasteiger partial charge >= 0.3 is 5.97 Å². The maximum absolute atomic E-state index is 12.0. The predicted molar refractivity (Wildman–Crippen MR) is 87.0 cm³/mol. The average Bonchev–Trinajstić information content (AvgIpc) is 2.53. The Balaban J connectivity index is 2.58. The summed E-state index contributed by atoms with van der Waals surface area (Å²) in [6.07, 6.45) is 4.31. The quantitative estimate of drug-likeness (QED) is 0.503. The highest BCUT2D eigenvalue weighted by atomic mass is 16.5. The summed E-state index contributed by atoms with van der Waals surface area (Å²) in [5.41, 5.74) is 1.11. The minimum Gasteiger partial charge on any atom is -0.494 e. The number of unbranched alkanes of at least 4 members (excludes halogenated alkanes) is 1. The van der Waals surface area contributed by atoms with E-state index in [4.69, 9.17) is 14.6 Å². The molecule has 4 nitrogen and oxygen atoms in total. The Morgan fingerprint density at radius 1 is 1.18 bits per heavy atom. The van der Waals surface area contributed by atoms with Gasteiger partial charge in [0.1, 0.15) is 5.75 Å². The first-order valence-electron chi connectivity index (χ1n) is 8.20. The Bertz CT molecular complexity index is 414. The number of aliphatic hydroxyl groups is 1. The van der Waals surface area contributed by atoms with E-state index in [1.165, 1.54) is 0 Å². The topological polar surface area (TPSA) is 55.8 Å². The van der Waals surface area contributed by atoms with E-state index in [0.29, 0.717) is 26.1 Å². The molecule has 1 atom stereocenters. The van der Waals surface area contributed by atoms with Crippen LogP contribution >= 0.6 is 0 Å². The Morgan fingerprint density at radius 3 is 2.50 bits per heavy atom. The number of carbonyl (C=O) groups excluding carboxylic acids is 1. The second kappa shape index (κ2) is 11.1. The third-order valence-electron chi connectivity index (χ3n) is 3.50. The van der Waals surface area contributed by atoms with Crippen molar-refractivity contribution in [1.82, 2.24) is 0 Å². The normalized spacial score (nSPS) is 12.0. The maximum Gasteiger partial charge on any atom is 0.309 e. The lowest BCUT2D eigenvalue weighted by Gasteiger charge is -2.15. The van der Waals surface area contributed by atoms with E-state index in [1.54, 1.807) is 0 Å². The molecule has 0 radical (unpaired) electrons. The molecule has 0 amide bonds. The van der Waals surface area contributed by atoms with Crippen LogP contribution in [0.4, 0.5) is 0 Å². The summed E-state index contributed by atoms with van der Waals surface area (Å²) in [5, 5.41) is 8.73. The lowest BCUT2D eigenvalue weighted by atomic mass is 9.94. The second-order valence-electron chi connectivity index (χ2n) is 5.36. The molecule has 22 heavy (non-hydrogen) atoms. The summed E-state index contributed by atoms with van der Waals surface area (Å²) in [7, 11) is 0. The third-order valence-corrected chi connectivity index (χ3v) is 3.50. The van der Waals surface area contributed by atoms with Crippen molar-refractivity contribution in [1.29, 1.82) is 0 Å². The van der Waals surface area contributed by atoms with Crippen molar-refractivity contribution in [3.05, 3.63) is 29.8 Å². The largest absolute Gasteiger partial charge is 0.494 e. The Hall–Kier alpha value is -1.55. The van der Waals surface area contributed by atoms with E-state index >= 15 is 0 Å². The fraction of sp³-hybridized carbons (Fsp3) is 0.611. The van der Waals surface area contributed by atoms with Gasteiger partial charge in [0.15, 0.2) is 0 Å². The van der Waals surface area contributed by atoms with Crippen molar-refractivity contribution in [3.8, 4) is 5.75 Å². The molecule has 0 fully saturated rings. The molecule has 1 rings (SSSR count). The number of hydrogen-bond donors (Lipinski definition) is 1. The monoisotopic (exact) mass is 308 g/mol. The molecule has 124 valence electrons. The Morgan fingerprint density at radius 2 is 1.91 bits per heavy atom. The van der Waals surface area contributed by atoms with E-state index in [-0.39, 0.29) is 18.5 Å². The van der Waals surface area contributed by atoms with Gasteiger partial charge in [-0.3, -0.25) is 4.79 Å². The first kappa shape index (κ1) is 18.5. The molecular formula is C18H28O4. The molecular weight excluding hydrogens is 280 g/mol. The van der Waals surface area contributed by atoms with Crippen LogP contribution in [-0.4, -0.2) is 30.9 Å². The van der Waals surface area contributed by atoms with E-state index in [0.717, 1.165) is 30.6 Å². The Kier molecular flexibility index (Phi) is 9.31. The standard InChI is InChI=1S/C18H28O4/c1-3-5-7-16(18(20)21-4-2)14-15-8-10-17(11-9-15)22-13-6-12-19/h8-11,16,19H,3-7,12-14H2,1-2H3. The molecule has 0 aliphatic heterocycles. The van der Waals surface area contributed by atoms with Gasteiger partial charge in [-0.05, 0) is 37.5 Å². The number of hydrogen-bond acceptors (Lipinski definition) is 4. The highest BCUT2D eigenvalue weighted by molar-refractivity contribution is 5.72. The summed E-state index contributed by atoms with van der Waals surface area (Å²) >= 11 is 0. The van der Waals surface area contributed by atoms with Crippen LogP contribution in [0.25, 0.3) is 0 Å². The highest BCUT2D eigenvalue weighted by Gasteiger charge is 2.19. The van der Waals surface area contributed by atoms with Crippen LogP contribution in [0.1, 0.15) is 45.1 Å². The molecule has 0 saturated heterocycles. The van der Waals surface area contributed by atoms with Crippen LogP contribution in [0.3, 0.4) is 0 Å². The Labute approximate surface area is 133 Å². The van der Waals surface area contributed by atoms with Crippen LogP contribution < -0.4 is 4.74 Å². The van der Waals surface area contributed by atoms with Gasteiger partial charge in [-0.25, -0.2) is 0 Å². The van der Waals surface area contributed by atoms with E-state index in [2.05, 4.69) is 6.92 Å². The van der Waals surface area contributed by atoms with Gasteiger partial charge in [0, 0.05) is 13.0 Å². The number of aliphatic hydroxyl groups excluding tert-OH is 1. The molecule has 0 aliphatic rings. The van der Waals surface area contributed by atoms with E-state index in [9.17, 15) is 4.79 Å². The number of esters is 1. The fourth-order valence-corrected chi connectivity index (χ4v) is 2.27. The van der Waals surface area contributed by atoms with Gasteiger partial charge in [-0.2, -0.15) is 0 Å². The van der Waals surface area contributed by atoms with Gasteiger partial charge in [0.05, 0.1) is 19.1 Å². The molecule has 0 saturated carbocycles. The number of rotatable bonds is 11. The maximum atomic E-state index is 12.0. The van der Waals surface area contributed by atoms with Crippen molar-refractivity contribution in [2.75, 3.05) is 19.8 Å². The summed E-state index contributed by atoms with van der Waals surface area (Å²) in [6.45, 7) is 5.04. The van der Waals surface area contributed by atoms with Crippen molar-refractivity contribution in [3.63, 3.8) is 0 Å². The number of carbonyl (C=O) groups is 1. The highest BCUT2D eigenvalue weighted by Crippen LogP contribution is 2.20. The van der Waals surface area contributed by atoms with Crippen molar-refractivity contribution >= 4 is 5.97 Å². The molecule has 0 aliphatic carbocycles. The van der Waals surface area contributed by atoms with Crippen LogP contribution in [0.2, 0.25) is 0 Å². The summed E-state index contributed by atoms with van der Waals surface area (Å²) in [4.78, 5) is 12.0. The van der Waals surface area contributed by atoms with Gasteiger partial charge in [-0.15, -0.1) is 0 Å². The number of benzene rings is 1. The molecule has 4 heteroatoms. The zero-order valence-corrected chi connectivity index (χ0v) is 13.7. The van der Waals surface area contributed by atoms with Crippen molar-refractivity contribution in [2.24, 2.45) is 5.92 Å². The van der Waals surface area contributed by atoms with E-state index in [1.807, 2.05) is 31.2 Å². The molecule has 0 heterocycles. The van der Waals surface area contributed by atoms with Crippen LogP contribution in [-0.2, 0) is 16.0 Å². The average molecular weight is 308 g/mol. The minimum absolute atomic E-state index is 0.0685.